The molecule has 24 heavy (non-hydrogen) atoms. The van der Waals surface area contributed by atoms with Gasteiger partial charge in [0.1, 0.15) is 11.5 Å². The van der Waals surface area contributed by atoms with Crippen molar-refractivity contribution in [2.24, 2.45) is 0 Å². The summed E-state index contributed by atoms with van der Waals surface area (Å²) in [6, 6.07) is 8.31. The number of nitrogens with one attached hydrogen (secondary N) is 1. The normalized spacial score (nSPS) is 12.1. The number of aromatic nitrogens is 2. The first kappa shape index (κ1) is 16.1. The minimum Gasteiger partial charge on any atom is -0.453 e. The molecule has 6 heteroatoms. The fraction of sp³-hybridized carbons (Fsp3) is 0.222. The van der Waals surface area contributed by atoms with Crippen LogP contribution in [0.15, 0.2) is 53.3 Å². The molecule has 2 heterocycles. The van der Waals surface area contributed by atoms with Gasteiger partial charge in [0.25, 0.3) is 0 Å². The van der Waals surface area contributed by atoms with Gasteiger partial charge in [-0.3, -0.25) is 4.98 Å². The van der Waals surface area contributed by atoms with E-state index in [1.807, 2.05) is 19.9 Å². The summed E-state index contributed by atoms with van der Waals surface area (Å²) >= 11 is 0. The zero-order valence-electron chi connectivity index (χ0n) is 13.5. The van der Waals surface area contributed by atoms with E-state index < -0.39 is 5.82 Å². The van der Waals surface area contributed by atoms with Gasteiger partial charge >= 0.3 is 0 Å². The molecular formula is C18H18FN3O2. The van der Waals surface area contributed by atoms with Crippen LogP contribution < -0.4 is 10.1 Å². The standard InChI is InChI=1S/C18H18FN3O2/c1-12-9-22-18(23-12)11-21-13(2)14-5-6-17(16(19)8-14)24-15-4-3-7-20-10-15/h3-10,13,21H,11H2,1-2H3/t13-/m1/s1. The number of aryl methyl sites for hydroxylation is 1. The van der Waals surface area contributed by atoms with Gasteiger partial charge in [0.05, 0.1) is 18.9 Å². The quantitative estimate of drug-likeness (QED) is 0.736. The Morgan fingerprint density at radius 2 is 2.17 bits per heavy atom. The highest BCUT2D eigenvalue weighted by Gasteiger charge is 2.11. The molecule has 3 aromatic rings. The van der Waals surface area contributed by atoms with Crippen LogP contribution in [0.3, 0.4) is 0 Å². The molecule has 2 aromatic heterocycles. The second-order valence-electron chi connectivity index (χ2n) is 5.45. The van der Waals surface area contributed by atoms with Crippen molar-refractivity contribution in [3.05, 3.63) is 72.0 Å². The molecule has 0 aliphatic heterocycles. The lowest BCUT2D eigenvalue weighted by molar-refractivity contribution is 0.427. The molecule has 0 aliphatic carbocycles. The van der Waals surface area contributed by atoms with Crippen molar-refractivity contribution >= 4 is 0 Å². The first-order chi connectivity index (χ1) is 11.6. The Bertz CT molecular complexity index is 805. The maximum absolute atomic E-state index is 14.3. The Morgan fingerprint density at radius 1 is 1.29 bits per heavy atom. The van der Waals surface area contributed by atoms with E-state index in [0.29, 0.717) is 18.2 Å². The molecule has 0 unspecified atom stereocenters. The predicted molar refractivity (Wildman–Crippen MR) is 87.2 cm³/mol. The first-order valence-electron chi connectivity index (χ1n) is 7.64. The number of benzene rings is 1. The molecule has 1 aromatic carbocycles. The molecule has 5 nitrogen and oxygen atoms in total. The fourth-order valence-electron chi connectivity index (χ4n) is 2.25. The first-order valence-corrected chi connectivity index (χ1v) is 7.64. The molecule has 0 fully saturated rings. The number of hydrogen-bond acceptors (Lipinski definition) is 5. The average molecular weight is 327 g/mol. The molecule has 0 radical (unpaired) electrons. The van der Waals surface area contributed by atoms with Gasteiger partial charge in [0.15, 0.2) is 11.6 Å². The summed E-state index contributed by atoms with van der Waals surface area (Å²) in [6.45, 7) is 4.27. The van der Waals surface area contributed by atoms with Crippen LogP contribution in [-0.4, -0.2) is 9.97 Å². The van der Waals surface area contributed by atoms with E-state index in [0.717, 1.165) is 11.3 Å². The van der Waals surface area contributed by atoms with E-state index in [1.165, 1.54) is 12.3 Å². The SMILES string of the molecule is Cc1cnc(CN[C@H](C)c2ccc(Oc3cccnc3)c(F)c2)o1. The number of pyridine rings is 1. The van der Waals surface area contributed by atoms with E-state index in [-0.39, 0.29) is 11.8 Å². The number of nitrogens with zero attached hydrogens (tertiary/aromatic N) is 2. The van der Waals surface area contributed by atoms with Gasteiger partial charge in [-0.1, -0.05) is 6.07 Å². The van der Waals surface area contributed by atoms with Crippen LogP contribution in [0.1, 0.15) is 30.2 Å². The van der Waals surface area contributed by atoms with Gasteiger partial charge in [0, 0.05) is 12.2 Å². The number of ether oxygens (including phenoxy) is 1. The number of rotatable bonds is 6. The fourth-order valence-corrected chi connectivity index (χ4v) is 2.25. The lowest BCUT2D eigenvalue weighted by atomic mass is 10.1. The van der Waals surface area contributed by atoms with Crippen LogP contribution in [0.5, 0.6) is 11.5 Å². The van der Waals surface area contributed by atoms with E-state index in [4.69, 9.17) is 9.15 Å². The molecular weight excluding hydrogens is 309 g/mol. The van der Waals surface area contributed by atoms with Crippen LogP contribution in [0.25, 0.3) is 0 Å². The number of oxazole rings is 1. The van der Waals surface area contributed by atoms with E-state index in [1.54, 1.807) is 30.6 Å². The summed E-state index contributed by atoms with van der Waals surface area (Å²) in [6.07, 6.45) is 4.84. The van der Waals surface area contributed by atoms with Crippen LogP contribution in [0.2, 0.25) is 0 Å². The molecule has 0 spiro atoms. The van der Waals surface area contributed by atoms with Crippen LogP contribution in [-0.2, 0) is 6.54 Å². The van der Waals surface area contributed by atoms with Crippen molar-refractivity contribution in [2.75, 3.05) is 0 Å². The zero-order chi connectivity index (χ0) is 16.9. The largest absolute Gasteiger partial charge is 0.453 e. The predicted octanol–water partition coefficient (Wildman–Crippen LogP) is 4.16. The summed E-state index contributed by atoms with van der Waals surface area (Å²) < 4.78 is 25.2. The van der Waals surface area contributed by atoms with Crippen molar-refractivity contribution < 1.29 is 13.5 Å². The topological polar surface area (TPSA) is 60.2 Å². The van der Waals surface area contributed by atoms with E-state index in [2.05, 4.69) is 15.3 Å². The molecule has 0 amide bonds. The molecule has 1 atom stereocenters. The van der Waals surface area contributed by atoms with E-state index >= 15 is 0 Å². The number of halogens is 1. The Labute approximate surface area is 139 Å². The average Bonchev–Trinajstić information content (AvgIpc) is 3.01. The van der Waals surface area contributed by atoms with Crippen LogP contribution in [0, 0.1) is 12.7 Å². The summed E-state index contributed by atoms with van der Waals surface area (Å²) in [5.41, 5.74) is 0.814. The van der Waals surface area contributed by atoms with Gasteiger partial charge in [0.2, 0.25) is 5.89 Å². The van der Waals surface area contributed by atoms with Gasteiger partial charge < -0.3 is 14.5 Å². The summed E-state index contributed by atoms with van der Waals surface area (Å²) in [5, 5.41) is 3.25. The Hall–Kier alpha value is -2.73. The molecule has 0 saturated heterocycles. The highest BCUT2D eigenvalue weighted by atomic mass is 19.1. The van der Waals surface area contributed by atoms with Crippen molar-refractivity contribution in [1.82, 2.24) is 15.3 Å². The van der Waals surface area contributed by atoms with E-state index in [9.17, 15) is 4.39 Å². The molecule has 0 aliphatic rings. The third-order valence-electron chi connectivity index (χ3n) is 3.55. The van der Waals surface area contributed by atoms with Crippen molar-refractivity contribution in [3.63, 3.8) is 0 Å². The summed E-state index contributed by atoms with van der Waals surface area (Å²) in [5.74, 6) is 1.62. The Kier molecular flexibility index (Phi) is 4.86. The minimum absolute atomic E-state index is 0.0563. The highest BCUT2D eigenvalue weighted by molar-refractivity contribution is 5.34. The maximum Gasteiger partial charge on any atom is 0.208 e. The Balaban J connectivity index is 1.65. The Morgan fingerprint density at radius 3 is 2.83 bits per heavy atom. The molecule has 0 saturated carbocycles. The molecule has 1 N–H and O–H groups in total. The second-order valence-corrected chi connectivity index (χ2v) is 5.45. The van der Waals surface area contributed by atoms with Crippen LogP contribution >= 0.6 is 0 Å². The maximum atomic E-state index is 14.3. The van der Waals surface area contributed by atoms with Gasteiger partial charge in [-0.15, -0.1) is 0 Å². The highest BCUT2D eigenvalue weighted by Crippen LogP contribution is 2.26. The third kappa shape index (κ3) is 3.97. The summed E-state index contributed by atoms with van der Waals surface area (Å²) in [7, 11) is 0. The second kappa shape index (κ2) is 7.23. The lowest BCUT2D eigenvalue weighted by Crippen LogP contribution is -2.18. The van der Waals surface area contributed by atoms with Crippen molar-refractivity contribution in [1.29, 1.82) is 0 Å². The molecule has 0 bridgehead atoms. The smallest absolute Gasteiger partial charge is 0.208 e. The van der Waals surface area contributed by atoms with Crippen molar-refractivity contribution in [2.45, 2.75) is 26.4 Å². The number of hydrogen-bond donors (Lipinski definition) is 1. The van der Waals surface area contributed by atoms with Gasteiger partial charge in [-0.05, 0) is 43.7 Å². The summed E-state index contributed by atoms with van der Waals surface area (Å²) in [4.78, 5) is 8.07. The zero-order valence-corrected chi connectivity index (χ0v) is 13.5. The molecule has 3 rings (SSSR count). The monoisotopic (exact) mass is 327 g/mol. The third-order valence-corrected chi connectivity index (χ3v) is 3.55. The lowest BCUT2D eigenvalue weighted by Gasteiger charge is -2.14. The van der Waals surface area contributed by atoms with Crippen LogP contribution in [0.4, 0.5) is 4.39 Å². The minimum atomic E-state index is -0.419. The van der Waals surface area contributed by atoms with Gasteiger partial charge in [-0.25, -0.2) is 9.37 Å². The molecule has 124 valence electrons. The van der Waals surface area contributed by atoms with Gasteiger partial charge in [-0.2, -0.15) is 0 Å². The van der Waals surface area contributed by atoms with Crippen molar-refractivity contribution in [3.8, 4) is 11.5 Å².